The quantitative estimate of drug-likeness (QED) is 0.830. The largest absolute Gasteiger partial charge is 0.478 e. The molecule has 0 bridgehead atoms. The highest BCUT2D eigenvalue weighted by Crippen LogP contribution is 2.45. The van der Waals surface area contributed by atoms with Crippen molar-refractivity contribution in [1.29, 1.82) is 0 Å². The van der Waals surface area contributed by atoms with E-state index in [0.29, 0.717) is 5.56 Å². The highest BCUT2D eigenvalue weighted by Gasteiger charge is 2.32. The van der Waals surface area contributed by atoms with E-state index < -0.39 is 5.97 Å². The average Bonchev–Trinajstić information content (AvgIpc) is 2.85. The van der Waals surface area contributed by atoms with E-state index in [1.165, 1.54) is 4.88 Å². The SMILES string of the molecule is CC1(C)CCc2c(sc(-c3ccccc3CON)c2C(=O)O)C1. The Kier molecular flexibility index (Phi) is 4.27. The summed E-state index contributed by atoms with van der Waals surface area (Å²) in [6.07, 6.45) is 2.78. The first kappa shape index (κ1) is 16.2. The van der Waals surface area contributed by atoms with E-state index in [1.807, 2.05) is 24.3 Å². The Balaban J connectivity index is 2.17. The summed E-state index contributed by atoms with van der Waals surface area (Å²) in [6.45, 7) is 4.75. The Bertz CT molecular complexity index is 749. The van der Waals surface area contributed by atoms with E-state index in [0.717, 1.165) is 40.8 Å². The van der Waals surface area contributed by atoms with E-state index in [-0.39, 0.29) is 12.0 Å². The molecule has 122 valence electrons. The molecule has 0 unspecified atom stereocenters. The number of hydrogen-bond acceptors (Lipinski definition) is 4. The molecule has 0 amide bonds. The Hall–Kier alpha value is -1.69. The molecular weight excluding hydrogens is 310 g/mol. The second kappa shape index (κ2) is 6.07. The summed E-state index contributed by atoms with van der Waals surface area (Å²) in [7, 11) is 0. The molecule has 1 aliphatic rings. The van der Waals surface area contributed by atoms with Crippen LogP contribution in [0, 0.1) is 5.41 Å². The van der Waals surface area contributed by atoms with Crippen LogP contribution in [0.1, 0.15) is 46.6 Å². The minimum absolute atomic E-state index is 0.227. The van der Waals surface area contributed by atoms with Crippen LogP contribution < -0.4 is 5.90 Å². The van der Waals surface area contributed by atoms with Gasteiger partial charge in [0.15, 0.2) is 0 Å². The van der Waals surface area contributed by atoms with Crippen molar-refractivity contribution in [2.24, 2.45) is 11.3 Å². The van der Waals surface area contributed by atoms with Crippen molar-refractivity contribution in [3.8, 4) is 10.4 Å². The van der Waals surface area contributed by atoms with Gasteiger partial charge in [0.05, 0.1) is 12.2 Å². The zero-order chi connectivity index (χ0) is 16.6. The number of fused-ring (bicyclic) bond motifs is 1. The van der Waals surface area contributed by atoms with Gasteiger partial charge in [-0.05, 0) is 41.4 Å². The summed E-state index contributed by atoms with van der Waals surface area (Å²) in [5.41, 5.74) is 3.53. The van der Waals surface area contributed by atoms with Crippen molar-refractivity contribution in [3.05, 3.63) is 45.8 Å². The van der Waals surface area contributed by atoms with Crippen LogP contribution in [-0.2, 0) is 24.3 Å². The van der Waals surface area contributed by atoms with E-state index in [9.17, 15) is 9.90 Å². The maximum absolute atomic E-state index is 11.9. The Morgan fingerprint density at radius 3 is 2.83 bits per heavy atom. The third-order valence-electron chi connectivity index (χ3n) is 4.50. The fourth-order valence-corrected chi connectivity index (χ4v) is 4.94. The normalized spacial score (nSPS) is 16.1. The molecule has 0 atom stereocenters. The van der Waals surface area contributed by atoms with Crippen LogP contribution in [0.25, 0.3) is 10.4 Å². The van der Waals surface area contributed by atoms with Crippen molar-refractivity contribution in [3.63, 3.8) is 0 Å². The first-order valence-electron chi connectivity index (χ1n) is 7.71. The third kappa shape index (κ3) is 3.04. The molecular formula is C18H21NO3S. The van der Waals surface area contributed by atoms with Gasteiger partial charge in [0.25, 0.3) is 0 Å². The van der Waals surface area contributed by atoms with Gasteiger partial charge in [-0.25, -0.2) is 10.7 Å². The molecule has 0 aliphatic heterocycles. The first-order valence-corrected chi connectivity index (χ1v) is 8.52. The molecule has 3 rings (SSSR count). The number of thiophene rings is 1. The molecule has 0 saturated heterocycles. The van der Waals surface area contributed by atoms with Crippen LogP contribution in [-0.4, -0.2) is 11.1 Å². The minimum Gasteiger partial charge on any atom is -0.478 e. The van der Waals surface area contributed by atoms with Gasteiger partial charge in [-0.2, -0.15) is 0 Å². The predicted octanol–water partition coefficient (Wildman–Crippen LogP) is 4.02. The average molecular weight is 331 g/mol. The van der Waals surface area contributed by atoms with Gasteiger partial charge in [-0.3, -0.25) is 4.84 Å². The minimum atomic E-state index is -0.847. The molecule has 1 aromatic carbocycles. The summed E-state index contributed by atoms with van der Waals surface area (Å²) in [5.74, 6) is 4.38. The van der Waals surface area contributed by atoms with Crippen LogP contribution in [0.15, 0.2) is 24.3 Å². The zero-order valence-electron chi connectivity index (χ0n) is 13.4. The Morgan fingerprint density at radius 1 is 1.39 bits per heavy atom. The lowest BCUT2D eigenvalue weighted by Crippen LogP contribution is -2.21. The lowest BCUT2D eigenvalue weighted by Gasteiger charge is -2.29. The van der Waals surface area contributed by atoms with Gasteiger partial charge in [-0.1, -0.05) is 38.1 Å². The van der Waals surface area contributed by atoms with E-state index in [4.69, 9.17) is 10.7 Å². The molecule has 4 nitrogen and oxygen atoms in total. The number of nitrogens with two attached hydrogens (primary N) is 1. The zero-order valence-corrected chi connectivity index (χ0v) is 14.2. The number of benzene rings is 1. The maximum atomic E-state index is 11.9. The number of carboxylic acid groups (broad SMARTS) is 1. The van der Waals surface area contributed by atoms with E-state index in [1.54, 1.807) is 11.3 Å². The Morgan fingerprint density at radius 2 is 2.13 bits per heavy atom. The number of rotatable bonds is 4. The second-order valence-electron chi connectivity index (χ2n) is 6.82. The van der Waals surface area contributed by atoms with Crippen molar-refractivity contribution < 1.29 is 14.7 Å². The van der Waals surface area contributed by atoms with Crippen LogP contribution in [0.4, 0.5) is 0 Å². The van der Waals surface area contributed by atoms with Crippen LogP contribution in [0.2, 0.25) is 0 Å². The van der Waals surface area contributed by atoms with Crippen molar-refractivity contribution >= 4 is 17.3 Å². The van der Waals surface area contributed by atoms with Crippen molar-refractivity contribution in [2.75, 3.05) is 0 Å². The third-order valence-corrected chi connectivity index (χ3v) is 5.76. The summed E-state index contributed by atoms with van der Waals surface area (Å²) in [5, 5.41) is 9.77. The highest BCUT2D eigenvalue weighted by atomic mass is 32.1. The van der Waals surface area contributed by atoms with Crippen LogP contribution >= 0.6 is 11.3 Å². The molecule has 2 aromatic rings. The predicted molar refractivity (Wildman–Crippen MR) is 91.5 cm³/mol. The van der Waals surface area contributed by atoms with Gasteiger partial charge in [0.2, 0.25) is 0 Å². The molecule has 1 heterocycles. The van der Waals surface area contributed by atoms with Crippen LogP contribution in [0.3, 0.4) is 0 Å². The topological polar surface area (TPSA) is 72.5 Å². The number of carbonyl (C=O) groups is 1. The number of aromatic carboxylic acids is 1. The summed E-state index contributed by atoms with van der Waals surface area (Å²) < 4.78 is 0. The van der Waals surface area contributed by atoms with Crippen LogP contribution in [0.5, 0.6) is 0 Å². The lowest BCUT2D eigenvalue weighted by molar-refractivity contribution is 0.0696. The Labute approximate surface area is 139 Å². The van der Waals surface area contributed by atoms with Gasteiger partial charge < -0.3 is 5.11 Å². The van der Waals surface area contributed by atoms with E-state index in [2.05, 4.69) is 13.8 Å². The van der Waals surface area contributed by atoms with Crippen molar-refractivity contribution in [2.45, 2.75) is 39.7 Å². The maximum Gasteiger partial charge on any atom is 0.337 e. The highest BCUT2D eigenvalue weighted by molar-refractivity contribution is 7.16. The molecule has 0 saturated carbocycles. The van der Waals surface area contributed by atoms with Crippen molar-refractivity contribution in [1.82, 2.24) is 0 Å². The fourth-order valence-electron chi connectivity index (χ4n) is 3.28. The molecule has 1 aromatic heterocycles. The number of hydrogen-bond donors (Lipinski definition) is 2. The first-order chi connectivity index (χ1) is 10.9. The monoisotopic (exact) mass is 331 g/mol. The van der Waals surface area contributed by atoms with E-state index >= 15 is 0 Å². The van der Waals surface area contributed by atoms with Gasteiger partial charge >= 0.3 is 5.97 Å². The summed E-state index contributed by atoms with van der Waals surface area (Å²) >= 11 is 1.61. The molecule has 1 aliphatic carbocycles. The van der Waals surface area contributed by atoms with Gasteiger partial charge in [0.1, 0.15) is 0 Å². The number of carboxylic acids is 1. The standard InChI is InChI=1S/C18H21NO3S/c1-18(2)8-7-13-14(9-18)23-16(15(13)17(20)21)12-6-4-3-5-11(12)10-22-19/h3-6H,7-10,19H2,1-2H3,(H,20,21). The molecule has 0 fully saturated rings. The second-order valence-corrected chi connectivity index (χ2v) is 7.93. The smallest absolute Gasteiger partial charge is 0.337 e. The fraction of sp³-hybridized carbons (Fsp3) is 0.389. The molecule has 3 N–H and O–H groups in total. The van der Waals surface area contributed by atoms with Gasteiger partial charge in [-0.15, -0.1) is 11.3 Å². The summed E-state index contributed by atoms with van der Waals surface area (Å²) in [6, 6.07) is 7.71. The molecule has 0 radical (unpaired) electrons. The summed E-state index contributed by atoms with van der Waals surface area (Å²) in [4.78, 5) is 18.7. The molecule has 23 heavy (non-hydrogen) atoms. The molecule has 0 spiro atoms. The molecule has 5 heteroatoms. The van der Waals surface area contributed by atoms with Gasteiger partial charge in [0, 0.05) is 9.75 Å². The lowest BCUT2D eigenvalue weighted by atomic mass is 9.76.